The molecule has 0 fully saturated rings. The van der Waals surface area contributed by atoms with Crippen LogP contribution in [0.2, 0.25) is 0 Å². The van der Waals surface area contributed by atoms with Crippen molar-refractivity contribution in [3.05, 3.63) is 124 Å². The molecular formula is C32H25FN2. The number of rotatable bonds is 3. The van der Waals surface area contributed by atoms with Crippen LogP contribution in [0.5, 0.6) is 0 Å². The largest absolute Gasteiger partial charge is 0.361 e. The lowest BCUT2D eigenvalue weighted by molar-refractivity contribution is 0.558. The zero-order valence-corrected chi connectivity index (χ0v) is 19.3. The van der Waals surface area contributed by atoms with E-state index in [4.69, 9.17) is 0 Å². The molecule has 0 amide bonds. The van der Waals surface area contributed by atoms with Gasteiger partial charge in [-0.05, 0) is 93.3 Å². The maximum Gasteiger partial charge on any atom is 0.123 e. The molecule has 2 aliphatic carbocycles. The van der Waals surface area contributed by atoms with Gasteiger partial charge in [-0.15, -0.1) is 0 Å². The molecule has 0 spiro atoms. The predicted octanol–water partition coefficient (Wildman–Crippen LogP) is 6.20. The van der Waals surface area contributed by atoms with Crippen LogP contribution in [0.4, 0.5) is 4.39 Å². The normalized spacial score (nSPS) is 17.0. The van der Waals surface area contributed by atoms with E-state index in [9.17, 15) is 4.39 Å². The first kappa shape index (κ1) is 20.4. The second kappa shape index (κ2) is 8.06. The summed E-state index contributed by atoms with van der Waals surface area (Å²) in [6.07, 6.45) is 13.7. The number of aromatic nitrogens is 2. The molecule has 5 aromatic rings. The summed E-state index contributed by atoms with van der Waals surface area (Å²) < 4.78 is 14.3. The zero-order valence-electron chi connectivity index (χ0n) is 19.3. The number of fused-ring (bicyclic) bond motifs is 6. The molecular weight excluding hydrogens is 431 g/mol. The molecule has 170 valence electrons. The van der Waals surface area contributed by atoms with Gasteiger partial charge in [0.15, 0.2) is 0 Å². The number of nitrogens with one attached hydrogen (secondary N) is 1. The van der Waals surface area contributed by atoms with Crippen molar-refractivity contribution in [1.29, 1.82) is 0 Å². The fraction of sp³-hybridized carbons (Fsp3) is 0.156. The summed E-state index contributed by atoms with van der Waals surface area (Å²) in [5.41, 5.74) is 8.72. The summed E-state index contributed by atoms with van der Waals surface area (Å²) in [4.78, 5) is 7.85. The van der Waals surface area contributed by atoms with E-state index in [1.165, 1.54) is 44.3 Å². The van der Waals surface area contributed by atoms with Crippen molar-refractivity contribution >= 4 is 23.1 Å². The van der Waals surface area contributed by atoms with Crippen molar-refractivity contribution in [1.82, 2.24) is 9.97 Å². The van der Waals surface area contributed by atoms with Crippen molar-refractivity contribution in [2.75, 3.05) is 0 Å². The number of hydrogen-bond donors (Lipinski definition) is 1. The highest BCUT2D eigenvalue weighted by molar-refractivity contribution is 5.84. The first-order chi connectivity index (χ1) is 17.3. The van der Waals surface area contributed by atoms with Gasteiger partial charge in [0, 0.05) is 35.4 Å². The maximum atomic E-state index is 14.3. The SMILES string of the molecule is Fc1ccc2[nH]cc(C(c3cccnc3)C3CCC=c4c3ccc3c4=CCc4ccccc4-3)c2c1. The topological polar surface area (TPSA) is 28.7 Å². The molecule has 0 bridgehead atoms. The van der Waals surface area contributed by atoms with Crippen LogP contribution in [0.25, 0.3) is 34.2 Å². The van der Waals surface area contributed by atoms with Crippen LogP contribution in [-0.2, 0) is 6.42 Å². The fourth-order valence-corrected chi connectivity index (χ4v) is 6.30. The molecule has 2 heterocycles. The highest BCUT2D eigenvalue weighted by atomic mass is 19.1. The average Bonchev–Trinajstić information content (AvgIpc) is 3.32. The van der Waals surface area contributed by atoms with Crippen LogP contribution in [-0.4, -0.2) is 9.97 Å². The van der Waals surface area contributed by atoms with E-state index in [1.807, 2.05) is 24.5 Å². The molecule has 7 rings (SSSR count). The Bertz CT molecular complexity index is 1700. The minimum Gasteiger partial charge on any atom is -0.361 e. The van der Waals surface area contributed by atoms with Crippen LogP contribution in [0.1, 0.15) is 46.9 Å². The molecule has 35 heavy (non-hydrogen) atoms. The quantitative estimate of drug-likeness (QED) is 0.344. The van der Waals surface area contributed by atoms with Crippen LogP contribution in [0, 0.1) is 5.82 Å². The van der Waals surface area contributed by atoms with Gasteiger partial charge in [-0.3, -0.25) is 4.98 Å². The summed E-state index contributed by atoms with van der Waals surface area (Å²) in [5.74, 6) is 0.154. The molecule has 2 atom stereocenters. The summed E-state index contributed by atoms with van der Waals surface area (Å²) >= 11 is 0. The Hall–Kier alpha value is -3.98. The average molecular weight is 457 g/mol. The van der Waals surface area contributed by atoms with Gasteiger partial charge in [0.25, 0.3) is 0 Å². The summed E-state index contributed by atoms with van der Waals surface area (Å²) in [7, 11) is 0. The van der Waals surface area contributed by atoms with E-state index >= 15 is 0 Å². The van der Waals surface area contributed by atoms with Crippen molar-refractivity contribution in [3.8, 4) is 11.1 Å². The molecule has 0 saturated heterocycles. The summed E-state index contributed by atoms with van der Waals surface area (Å²) in [6.45, 7) is 0. The van der Waals surface area contributed by atoms with Gasteiger partial charge in [0.2, 0.25) is 0 Å². The third kappa shape index (κ3) is 3.26. The minimum atomic E-state index is -0.206. The van der Waals surface area contributed by atoms with Crippen molar-refractivity contribution < 1.29 is 4.39 Å². The summed E-state index contributed by atoms with van der Waals surface area (Å²) in [6, 6.07) is 22.6. The molecule has 0 aliphatic heterocycles. The third-order valence-corrected chi connectivity index (χ3v) is 7.84. The first-order valence-corrected chi connectivity index (χ1v) is 12.4. The number of pyridine rings is 1. The minimum absolute atomic E-state index is 0.0839. The van der Waals surface area contributed by atoms with Gasteiger partial charge >= 0.3 is 0 Å². The van der Waals surface area contributed by atoms with Gasteiger partial charge in [-0.2, -0.15) is 0 Å². The van der Waals surface area contributed by atoms with Crippen molar-refractivity contribution in [3.63, 3.8) is 0 Å². The van der Waals surface area contributed by atoms with Crippen LogP contribution < -0.4 is 10.4 Å². The molecule has 3 aromatic carbocycles. The Balaban J connectivity index is 1.44. The lowest BCUT2D eigenvalue weighted by Crippen LogP contribution is -2.36. The van der Waals surface area contributed by atoms with E-state index in [0.717, 1.165) is 35.7 Å². The van der Waals surface area contributed by atoms with Gasteiger partial charge in [-0.25, -0.2) is 4.39 Å². The zero-order chi connectivity index (χ0) is 23.4. The fourth-order valence-electron chi connectivity index (χ4n) is 6.30. The Labute approximate surface area is 203 Å². The van der Waals surface area contributed by atoms with Gasteiger partial charge in [-0.1, -0.05) is 54.6 Å². The number of aromatic amines is 1. The molecule has 2 aromatic heterocycles. The molecule has 2 nitrogen and oxygen atoms in total. The molecule has 1 N–H and O–H groups in total. The first-order valence-electron chi connectivity index (χ1n) is 12.4. The number of benzene rings is 3. The van der Waals surface area contributed by atoms with E-state index in [-0.39, 0.29) is 17.7 Å². The van der Waals surface area contributed by atoms with Gasteiger partial charge < -0.3 is 4.98 Å². The standard InChI is InChI=1S/C32H25FN2/c33-22-11-15-31-29(17-22)30(19-35-31)32(21-6-4-16-34-18-21)28-9-3-8-24-26-12-10-20-5-1-2-7-23(20)25(26)13-14-27(24)28/h1-2,4-8,11-19,28,32,35H,3,9-10H2. The van der Waals surface area contributed by atoms with Crippen LogP contribution >= 0.6 is 0 Å². The molecule has 0 radical (unpaired) electrons. The molecule has 2 unspecified atom stereocenters. The Morgan fingerprint density at radius 2 is 1.86 bits per heavy atom. The Kier molecular flexibility index (Phi) is 4.70. The van der Waals surface area contributed by atoms with E-state index in [2.05, 4.69) is 70.8 Å². The molecule has 3 heteroatoms. The van der Waals surface area contributed by atoms with Crippen LogP contribution in [0.3, 0.4) is 0 Å². The van der Waals surface area contributed by atoms with Crippen LogP contribution in [0.15, 0.2) is 85.3 Å². The Morgan fingerprint density at radius 3 is 2.77 bits per heavy atom. The lowest BCUT2D eigenvalue weighted by atomic mass is 9.72. The monoisotopic (exact) mass is 456 g/mol. The van der Waals surface area contributed by atoms with Gasteiger partial charge in [0.05, 0.1) is 0 Å². The highest BCUT2D eigenvalue weighted by Crippen LogP contribution is 2.44. The Morgan fingerprint density at radius 1 is 0.914 bits per heavy atom. The van der Waals surface area contributed by atoms with Crippen molar-refractivity contribution in [2.24, 2.45) is 0 Å². The van der Waals surface area contributed by atoms with Gasteiger partial charge in [0.1, 0.15) is 5.82 Å². The second-order valence-electron chi connectivity index (χ2n) is 9.68. The summed E-state index contributed by atoms with van der Waals surface area (Å²) in [5, 5.41) is 3.68. The second-order valence-corrected chi connectivity index (χ2v) is 9.68. The highest BCUT2D eigenvalue weighted by Gasteiger charge is 2.31. The number of halogens is 1. The number of nitrogens with zero attached hydrogens (tertiary/aromatic N) is 1. The van der Waals surface area contributed by atoms with E-state index in [0.29, 0.717) is 0 Å². The van der Waals surface area contributed by atoms with E-state index < -0.39 is 0 Å². The smallest absolute Gasteiger partial charge is 0.123 e. The number of H-pyrrole nitrogens is 1. The lowest BCUT2D eigenvalue weighted by Gasteiger charge is -2.31. The third-order valence-electron chi connectivity index (χ3n) is 7.84. The number of hydrogen-bond acceptors (Lipinski definition) is 1. The molecule has 0 saturated carbocycles. The predicted molar refractivity (Wildman–Crippen MR) is 140 cm³/mol. The maximum absolute atomic E-state index is 14.3. The van der Waals surface area contributed by atoms with E-state index in [1.54, 1.807) is 6.07 Å². The molecule has 2 aliphatic rings. The van der Waals surface area contributed by atoms with Crippen molar-refractivity contribution in [2.45, 2.75) is 31.1 Å².